The van der Waals surface area contributed by atoms with Gasteiger partial charge >= 0.3 is 5.97 Å². The average Bonchev–Trinajstić information content (AvgIpc) is 3.20. The molecule has 3 heterocycles. The maximum Gasteiger partial charge on any atom is 0.338 e. The van der Waals surface area contributed by atoms with Crippen LogP contribution < -0.4 is 5.32 Å². The number of fused-ring (bicyclic) bond motifs is 3. The Bertz CT molecular complexity index is 1020. The van der Waals surface area contributed by atoms with Crippen LogP contribution in [0.4, 0.5) is 5.95 Å². The second-order valence-corrected chi connectivity index (χ2v) is 6.91. The van der Waals surface area contributed by atoms with Crippen LogP contribution in [0.15, 0.2) is 52.3 Å². The van der Waals surface area contributed by atoms with Crippen LogP contribution in [0.3, 0.4) is 0 Å². The van der Waals surface area contributed by atoms with Gasteiger partial charge in [0.05, 0.1) is 29.0 Å². The maximum atomic E-state index is 12.8. The van der Waals surface area contributed by atoms with E-state index in [2.05, 4.69) is 10.3 Å². The Morgan fingerprint density at radius 3 is 2.88 bits per heavy atom. The highest BCUT2D eigenvalue weighted by atomic mass is 35.5. The normalized spacial score (nSPS) is 16.7. The first-order valence-electron chi connectivity index (χ1n) is 8.35. The molecule has 1 aromatic carbocycles. The van der Waals surface area contributed by atoms with E-state index in [1.54, 1.807) is 18.4 Å². The van der Waals surface area contributed by atoms with Crippen molar-refractivity contribution >= 4 is 34.6 Å². The van der Waals surface area contributed by atoms with Gasteiger partial charge in [-0.3, -0.25) is 4.57 Å². The highest BCUT2D eigenvalue weighted by molar-refractivity contribution is 6.31. The Hall–Kier alpha value is -2.73. The van der Waals surface area contributed by atoms with E-state index in [1.165, 1.54) is 0 Å². The highest BCUT2D eigenvalue weighted by Gasteiger charge is 2.36. The first kappa shape index (κ1) is 16.7. The smallest absolute Gasteiger partial charge is 0.338 e. The number of imidazole rings is 1. The Morgan fingerprint density at radius 1 is 1.38 bits per heavy atom. The second-order valence-electron chi connectivity index (χ2n) is 6.47. The molecule has 1 N–H and O–H groups in total. The number of furan rings is 1. The van der Waals surface area contributed by atoms with Crippen LogP contribution in [-0.2, 0) is 9.53 Å². The lowest BCUT2D eigenvalue weighted by Crippen LogP contribution is -2.29. The van der Waals surface area contributed by atoms with E-state index >= 15 is 0 Å². The molecule has 26 heavy (non-hydrogen) atoms. The molecule has 134 valence electrons. The number of nitrogens with one attached hydrogen (secondary N) is 1. The molecule has 0 saturated carbocycles. The van der Waals surface area contributed by atoms with E-state index in [-0.39, 0.29) is 12.1 Å². The molecule has 0 spiro atoms. The van der Waals surface area contributed by atoms with Crippen molar-refractivity contribution in [3.05, 3.63) is 58.6 Å². The van der Waals surface area contributed by atoms with Crippen LogP contribution in [0.1, 0.15) is 32.6 Å². The molecule has 2 aromatic heterocycles. The van der Waals surface area contributed by atoms with E-state index in [0.717, 1.165) is 11.0 Å². The van der Waals surface area contributed by atoms with Crippen molar-refractivity contribution in [2.75, 3.05) is 5.32 Å². The van der Waals surface area contributed by atoms with Gasteiger partial charge in [-0.1, -0.05) is 11.6 Å². The van der Waals surface area contributed by atoms with Crippen molar-refractivity contribution in [3.63, 3.8) is 0 Å². The number of hydrogen-bond donors (Lipinski definition) is 1. The summed E-state index contributed by atoms with van der Waals surface area (Å²) >= 11 is 6.20. The lowest BCUT2D eigenvalue weighted by atomic mass is 10.00. The number of ether oxygens (including phenoxy) is 1. The fourth-order valence-corrected chi connectivity index (χ4v) is 3.41. The van der Waals surface area contributed by atoms with Gasteiger partial charge in [-0.25, -0.2) is 9.78 Å². The quantitative estimate of drug-likeness (QED) is 0.685. The van der Waals surface area contributed by atoms with Crippen molar-refractivity contribution in [3.8, 4) is 0 Å². The van der Waals surface area contributed by atoms with Gasteiger partial charge < -0.3 is 14.5 Å². The summed E-state index contributed by atoms with van der Waals surface area (Å²) in [5.74, 6) is 0.866. The summed E-state index contributed by atoms with van der Waals surface area (Å²) < 4.78 is 13.1. The molecule has 3 aromatic rings. The van der Waals surface area contributed by atoms with Gasteiger partial charge in [-0.05, 0) is 51.1 Å². The van der Waals surface area contributed by atoms with Gasteiger partial charge in [0.1, 0.15) is 11.8 Å². The van der Waals surface area contributed by atoms with Gasteiger partial charge in [0.25, 0.3) is 0 Å². The maximum absolute atomic E-state index is 12.8. The topological polar surface area (TPSA) is 69.3 Å². The summed E-state index contributed by atoms with van der Waals surface area (Å²) in [6.07, 6.45) is 1.36. The Morgan fingerprint density at radius 2 is 2.19 bits per heavy atom. The molecule has 0 radical (unpaired) electrons. The predicted octanol–water partition coefficient (Wildman–Crippen LogP) is 4.52. The molecule has 1 atom stereocenters. The number of aromatic nitrogens is 2. The van der Waals surface area contributed by atoms with E-state index in [4.69, 9.17) is 20.8 Å². The summed E-state index contributed by atoms with van der Waals surface area (Å²) in [7, 11) is 0. The zero-order valence-corrected chi connectivity index (χ0v) is 15.4. The highest BCUT2D eigenvalue weighted by Crippen LogP contribution is 2.40. The SMILES string of the molecule is CC1=C(C(=O)OC(C)C)C(c2ccco2)n2c(nc3ccc(Cl)cc32)N1. The molecule has 6 nitrogen and oxygen atoms in total. The Kier molecular flexibility index (Phi) is 4.00. The molecule has 0 fully saturated rings. The molecule has 4 rings (SSSR count). The first-order valence-corrected chi connectivity index (χ1v) is 8.73. The van der Waals surface area contributed by atoms with Crippen LogP contribution in [0.25, 0.3) is 11.0 Å². The number of hydrogen-bond acceptors (Lipinski definition) is 5. The zero-order chi connectivity index (χ0) is 18.4. The number of halogens is 1. The van der Waals surface area contributed by atoms with Gasteiger partial charge in [0.2, 0.25) is 5.95 Å². The van der Waals surface area contributed by atoms with Gasteiger partial charge in [-0.2, -0.15) is 0 Å². The van der Waals surface area contributed by atoms with Gasteiger partial charge in [0, 0.05) is 10.7 Å². The standard InChI is InChI=1S/C19H18ClN3O3/c1-10(2)26-18(24)16-11(3)21-19-22-13-7-6-12(20)9-14(13)23(19)17(16)15-5-4-8-25-15/h4-10,17H,1-3H3,(H,21,22). The van der Waals surface area contributed by atoms with Crippen molar-refractivity contribution < 1.29 is 13.9 Å². The molecule has 1 aliphatic heterocycles. The average molecular weight is 372 g/mol. The molecule has 0 saturated heterocycles. The first-order chi connectivity index (χ1) is 12.5. The van der Waals surface area contributed by atoms with Crippen molar-refractivity contribution in [1.29, 1.82) is 0 Å². The summed E-state index contributed by atoms with van der Waals surface area (Å²) in [5.41, 5.74) is 2.76. The summed E-state index contributed by atoms with van der Waals surface area (Å²) in [5, 5.41) is 3.80. The molecule has 1 aliphatic rings. The van der Waals surface area contributed by atoms with Crippen LogP contribution in [0.5, 0.6) is 0 Å². The third-order valence-corrected chi connectivity index (χ3v) is 4.50. The van der Waals surface area contributed by atoms with Crippen LogP contribution in [0.2, 0.25) is 5.02 Å². The van der Waals surface area contributed by atoms with Crippen molar-refractivity contribution in [2.24, 2.45) is 0 Å². The molecule has 7 heteroatoms. The third kappa shape index (κ3) is 2.66. The minimum absolute atomic E-state index is 0.226. The van der Waals surface area contributed by atoms with Crippen molar-refractivity contribution in [1.82, 2.24) is 9.55 Å². The molecular weight excluding hydrogens is 354 g/mol. The minimum Gasteiger partial charge on any atom is -0.467 e. The number of benzene rings is 1. The number of allylic oxidation sites excluding steroid dienone is 1. The van der Waals surface area contributed by atoms with E-state index < -0.39 is 6.04 Å². The molecule has 0 aliphatic carbocycles. The largest absolute Gasteiger partial charge is 0.467 e. The van der Waals surface area contributed by atoms with Gasteiger partial charge in [0.15, 0.2) is 0 Å². The molecule has 0 bridgehead atoms. The number of nitrogens with zero attached hydrogens (tertiary/aromatic N) is 2. The van der Waals surface area contributed by atoms with Crippen molar-refractivity contribution in [2.45, 2.75) is 32.9 Å². The fourth-order valence-electron chi connectivity index (χ4n) is 3.24. The third-order valence-electron chi connectivity index (χ3n) is 4.26. The fraction of sp³-hybridized carbons (Fsp3) is 0.263. The number of esters is 1. The number of anilines is 1. The lowest BCUT2D eigenvalue weighted by molar-refractivity contribution is -0.143. The lowest BCUT2D eigenvalue weighted by Gasteiger charge is -2.29. The van der Waals surface area contributed by atoms with E-state index in [1.807, 2.05) is 43.5 Å². The summed E-state index contributed by atoms with van der Waals surface area (Å²) in [6, 6.07) is 8.62. The Balaban J connectivity index is 1.95. The molecule has 0 amide bonds. The molecular formula is C19H18ClN3O3. The second kappa shape index (κ2) is 6.21. The van der Waals surface area contributed by atoms with E-state index in [9.17, 15) is 4.79 Å². The van der Waals surface area contributed by atoms with Crippen LogP contribution in [0, 0.1) is 0 Å². The van der Waals surface area contributed by atoms with Crippen LogP contribution in [-0.4, -0.2) is 21.6 Å². The van der Waals surface area contributed by atoms with Crippen LogP contribution >= 0.6 is 11.6 Å². The number of carbonyl (C=O) groups excluding carboxylic acids is 1. The minimum atomic E-state index is -0.490. The Labute approximate surface area is 155 Å². The van der Waals surface area contributed by atoms with Gasteiger partial charge in [-0.15, -0.1) is 0 Å². The monoisotopic (exact) mass is 371 g/mol. The summed E-state index contributed by atoms with van der Waals surface area (Å²) in [4.78, 5) is 17.5. The predicted molar refractivity (Wildman–Crippen MR) is 99.1 cm³/mol. The summed E-state index contributed by atoms with van der Waals surface area (Å²) in [6.45, 7) is 5.48. The van der Waals surface area contributed by atoms with E-state index in [0.29, 0.717) is 28.0 Å². The molecule has 1 unspecified atom stereocenters. The number of carbonyl (C=O) groups is 1. The number of rotatable bonds is 3. The zero-order valence-electron chi connectivity index (χ0n) is 14.6.